The normalized spacial score (nSPS) is 10.6. The molecule has 0 radical (unpaired) electrons. The lowest BCUT2D eigenvalue weighted by atomic mass is 10.3. The van der Waals surface area contributed by atoms with Gasteiger partial charge in [0.2, 0.25) is 11.1 Å². The Morgan fingerprint density at radius 1 is 1.53 bits per heavy atom. The highest BCUT2D eigenvalue weighted by molar-refractivity contribution is 6.31. The Kier molecular flexibility index (Phi) is 3.40. The topological polar surface area (TPSA) is 98.6 Å². The molecule has 0 atom stereocenters. The number of halogens is 1. The molecule has 2 rings (SSSR count). The Morgan fingerprint density at radius 3 is 3.00 bits per heavy atom. The van der Waals surface area contributed by atoms with E-state index in [1.807, 2.05) is 0 Å². The number of aromatic nitrogens is 2. The number of nitrogens with zero attached hydrogens (tertiary/aromatic N) is 2. The van der Waals surface area contributed by atoms with Crippen molar-refractivity contribution in [2.75, 3.05) is 6.61 Å². The first kappa shape index (κ1) is 11.6. The molecule has 1 N–H and O–H groups in total. The Bertz CT molecular complexity index is 521. The summed E-state index contributed by atoms with van der Waals surface area (Å²) in [4.78, 5) is 10.2. The SMILES string of the molecule is O=C(O)COCc1nnc(-c2ccoc2Cl)o1. The molecule has 0 spiro atoms. The number of hydrogen-bond acceptors (Lipinski definition) is 6. The summed E-state index contributed by atoms with van der Waals surface area (Å²) in [5, 5.41) is 15.9. The fourth-order valence-electron chi connectivity index (χ4n) is 1.09. The van der Waals surface area contributed by atoms with Crippen LogP contribution in [0.5, 0.6) is 0 Å². The lowest BCUT2D eigenvalue weighted by Gasteiger charge is -1.94. The number of carboxylic acid groups (broad SMARTS) is 1. The van der Waals surface area contributed by atoms with Gasteiger partial charge in [-0.3, -0.25) is 0 Å². The lowest BCUT2D eigenvalue weighted by Crippen LogP contribution is -2.06. The van der Waals surface area contributed by atoms with Crippen molar-refractivity contribution in [1.82, 2.24) is 10.2 Å². The molecule has 7 nitrogen and oxygen atoms in total. The van der Waals surface area contributed by atoms with Crippen LogP contribution < -0.4 is 0 Å². The van der Waals surface area contributed by atoms with E-state index in [1.54, 1.807) is 6.07 Å². The van der Waals surface area contributed by atoms with E-state index < -0.39 is 12.6 Å². The zero-order valence-corrected chi connectivity index (χ0v) is 9.18. The summed E-state index contributed by atoms with van der Waals surface area (Å²) in [5.74, 6) is -0.709. The van der Waals surface area contributed by atoms with Crippen LogP contribution in [-0.2, 0) is 16.1 Å². The first-order valence-corrected chi connectivity index (χ1v) is 4.90. The number of hydrogen-bond donors (Lipinski definition) is 1. The third-order valence-electron chi connectivity index (χ3n) is 1.77. The van der Waals surface area contributed by atoms with Crippen molar-refractivity contribution < 1.29 is 23.5 Å². The minimum absolute atomic E-state index is 0.0746. The van der Waals surface area contributed by atoms with Gasteiger partial charge in [0.25, 0.3) is 5.89 Å². The molecule has 0 amide bonds. The maximum atomic E-state index is 10.2. The second-order valence-electron chi connectivity index (χ2n) is 3.00. The monoisotopic (exact) mass is 258 g/mol. The van der Waals surface area contributed by atoms with E-state index in [4.69, 9.17) is 30.3 Å². The first-order chi connectivity index (χ1) is 8.16. The van der Waals surface area contributed by atoms with E-state index in [-0.39, 0.29) is 23.6 Å². The van der Waals surface area contributed by atoms with Gasteiger partial charge in [-0.25, -0.2) is 4.79 Å². The fourth-order valence-corrected chi connectivity index (χ4v) is 1.29. The van der Waals surface area contributed by atoms with Crippen molar-refractivity contribution in [3.05, 3.63) is 23.4 Å². The highest BCUT2D eigenvalue weighted by atomic mass is 35.5. The van der Waals surface area contributed by atoms with Crippen LogP contribution in [0.4, 0.5) is 0 Å². The molecule has 0 unspecified atom stereocenters. The van der Waals surface area contributed by atoms with Crippen LogP contribution >= 0.6 is 11.6 Å². The molecule has 0 saturated carbocycles. The van der Waals surface area contributed by atoms with E-state index in [2.05, 4.69) is 10.2 Å². The number of ether oxygens (including phenoxy) is 1. The van der Waals surface area contributed by atoms with Crippen molar-refractivity contribution in [2.24, 2.45) is 0 Å². The summed E-state index contributed by atoms with van der Waals surface area (Å²) in [6, 6.07) is 1.58. The molecule has 0 aliphatic carbocycles. The molecular weight excluding hydrogens is 252 g/mol. The number of carbonyl (C=O) groups is 1. The van der Waals surface area contributed by atoms with Crippen LogP contribution in [0.25, 0.3) is 11.5 Å². The first-order valence-electron chi connectivity index (χ1n) is 4.52. The zero-order valence-electron chi connectivity index (χ0n) is 8.42. The Morgan fingerprint density at radius 2 is 2.35 bits per heavy atom. The van der Waals surface area contributed by atoms with Gasteiger partial charge in [0.05, 0.1) is 11.8 Å². The quantitative estimate of drug-likeness (QED) is 0.869. The van der Waals surface area contributed by atoms with Gasteiger partial charge >= 0.3 is 5.97 Å². The summed E-state index contributed by atoms with van der Waals surface area (Å²) < 4.78 is 14.9. The average molecular weight is 259 g/mol. The number of carboxylic acids is 1. The highest BCUT2D eigenvalue weighted by Gasteiger charge is 2.14. The molecule has 2 aromatic rings. The van der Waals surface area contributed by atoms with Crippen LogP contribution in [0.1, 0.15) is 5.89 Å². The smallest absolute Gasteiger partial charge is 0.329 e. The molecule has 17 heavy (non-hydrogen) atoms. The summed E-state index contributed by atoms with van der Waals surface area (Å²) in [6.45, 7) is -0.501. The summed E-state index contributed by atoms with van der Waals surface area (Å²) in [7, 11) is 0. The predicted molar refractivity (Wildman–Crippen MR) is 54.3 cm³/mol. The molecule has 0 aliphatic rings. The lowest BCUT2D eigenvalue weighted by molar-refractivity contribution is -0.142. The largest absolute Gasteiger partial charge is 0.480 e. The van der Waals surface area contributed by atoms with Gasteiger partial charge in [0.15, 0.2) is 0 Å². The molecule has 2 aromatic heterocycles. The van der Waals surface area contributed by atoms with E-state index in [0.717, 1.165) is 0 Å². The number of aliphatic carboxylic acids is 1. The van der Waals surface area contributed by atoms with Crippen LogP contribution in [-0.4, -0.2) is 27.9 Å². The van der Waals surface area contributed by atoms with Crippen molar-refractivity contribution in [3.8, 4) is 11.5 Å². The molecule has 90 valence electrons. The van der Waals surface area contributed by atoms with E-state index in [9.17, 15) is 4.79 Å². The minimum atomic E-state index is -1.07. The Hall–Kier alpha value is -1.86. The maximum Gasteiger partial charge on any atom is 0.329 e. The van der Waals surface area contributed by atoms with Gasteiger partial charge in [0.1, 0.15) is 13.2 Å². The number of furan rings is 1. The van der Waals surface area contributed by atoms with Crippen LogP contribution in [0, 0.1) is 0 Å². The van der Waals surface area contributed by atoms with Gasteiger partial charge in [-0.1, -0.05) is 0 Å². The van der Waals surface area contributed by atoms with E-state index >= 15 is 0 Å². The second kappa shape index (κ2) is 4.98. The van der Waals surface area contributed by atoms with Crippen LogP contribution in [0.2, 0.25) is 5.22 Å². The molecule has 0 bridgehead atoms. The second-order valence-corrected chi connectivity index (χ2v) is 3.34. The third-order valence-corrected chi connectivity index (χ3v) is 2.06. The zero-order chi connectivity index (χ0) is 12.3. The van der Waals surface area contributed by atoms with Crippen molar-refractivity contribution >= 4 is 17.6 Å². The van der Waals surface area contributed by atoms with Gasteiger partial charge in [-0.15, -0.1) is 10.2 Å². The van der Waals surface area contributed by atoms with Crippen molar-refractivity contribution in [2.45, 2.75) is 6.61 Å². The molecule has 0 fully saturated rings. The predicted octanol–water partition coefficient (Wildman–Crippen LogP) is 1.58. The van der Waals surface area contributed by atoms with E-state index in [0.29, 0.717) is 5.56 Å². The van der Waals surface area contributed by atoms with Gasteiger partial charge in [-0.05, 0) is 17.7 Å². The summed E-state index contributed by atoms with van der Waals surface area (Å²) in [6.07, 6.45) is 1.39. The van der Waals surface area contributed by atoms with Gasteiger partial charge in [0, 0.05) is 0 Å². The third kappa shape index (κ3) is 2.83. The Labute approximate surface area is 100.0 Å². The van der Waals surface area contributed by atoms with Crippen molar-refractivity contribution in [3.63, 3.8) is 0 Å². The molecule has 0 aromatic carbocycles. The van der Waals surface area contributed by atoms with Gasteiger partial charge in [-0.2, -0.15) is 0 Å². The van der Waals surface area contributed by atoms with E-state index in [1.165, 1.54) is 6.26 Å². The van der Waals surface area contributed by atoms with Crippen LogP contribution in [0.3, 0.4) is 0 Å². The van der Waals surface area contributed by atoms with Gasteiger partial charge < -0.3 is 18.7 Å². The Balaban J connectivity index is 2.01. The molecular formula is C9H7ClN2O5. The molecule has 2 heterocycles. The summed E-state index contributed by atoms with van der Waals surface area (Å²) in [5.41, 5.74) is 0.476. The standard InChI is InChI=1S/C9H7ClN2O5/c10-8-5(1-2-16-8)9-12-11-6(17-9)3-15-4-7(13)14/h1-2H,3-4H2,(H,13,14). The fraction of sp³-hybridized carbons (Fsp3) is 0.222. The highest BCUT2D eigenvalue weighted by Crippen LogP contribution is 2.27. The average Bonchev–Trinajstić information content (AvgIpc) is 2.86. The minimum Gasteiger partial charge on any atom is -0.480 e. The summed E-state index contributed by atoms with van der Waals surface area (Å²) >= 11 is 5.73. The van der Waals surface area contributed by atoms with Crippen LogP contribution in [0.15, 0.2) is 21.2 Å². The molecule has 8 heteroatoms. The molecule has 0 aliphatic heterocycles. The van der Waals surface area contributed by atoms with Crippen molar-refractivity contribution in [1.29, 1.82) is 0 Å². The number of rotatable bonds is 5. The maximum absolute atomic E-state index is 10.2. The molecule has 0 saturated heterocycles.